The summed E-state index contributed by atoms with van der Waals surface area (Å²) in [6, 6.07) is 0. The lowest BCUT2D eigenvalue weighted by molar-refractivity contribution is -0.0221. The Labute approximate surface area is 184 Å². The number of rotatable bonds is 20. The standard InChI is InChI=1S/C20H38O11/c1-17(2)30-19(21)28-15-13-26-11-9-24-7-5-23-6-8-25-10-12-27-14-16-29-20(22)31-18(3)4/h17-18H,5-16H2,1-4H3. The van der Waals surface area contributed by atoms with Gasteiger partial charge in [0.25, 0.3) is 0 Å². The van der Waals surface area contributed by atoms with Crippen LogP contribution in [0.3, 0.4) is 0 Å². The number of hydrogen-bond donors (Lipinski definition) is 0. The third kappa shape index (κ3) is 24.5. The van der Waals surface area contributed by atoms with Crippen LogP contribution in [-0.2, 0) is 42.6 Å². The van der Waals surface area contributed by atoms with Gasteiger partial charge in [0.1, 0.15) is 13.2 Å². The Bertz CT molecular complexity index is 391. The van der Waals surface area contributed by atoms with Gasteiger partial charge >= 0.3 is 12.3 Å². The molecular weight excluding hydrogens is 416 g/mol. The highest BCUT2D eigenvalue weighted by molar-refractivity contribution is 5.60. The van der Waals surface area contributed by atoms with Gasteiger partial charge in [-0.15, -0.1) is 0 Å². The largest absolute Gasteiger partial charge is 0.508 e. The van der Waals surface area contributed by atoms with E-state index < -0.39 is 12.3 Å². The highest BCUT2D eigenvalue weighted by Crippen LogP contribution is 1.93. The average Bonchev–Trinajstić information content (AvgIpc) is 2.68. The fourth-order valence-electron chi connectivity index (χ4n) is 1.80. The maximum absolute atomic E-state index is 11.1. The van der Waals surface area contributed by atoms with Crippen molar-refractivity contribution in [1.29, 1.82) is 0 Å². The molecule has 0 aromatic rings. The van der Waals surface area contributed by atoms with Crippen LogP contribution in [0.4, 0.5) is 9.59 Å². The van der Waals surface area contributed by atoms with E-state index in [1.54, 1.807) is 27.7 Å². The van der Waals surface area contributed by atoms with Crippen molar-refractivity contribution < 1.29 is 52.2 Å². The summed E-state index contributed by atoms with van der Waals surface area (Å²) in [5.74, 6) is 0. The second-order valence-electron chi connectivity index (χ2n) is 6.59. The predicted molar refractivity (Wildman–Crippen MR) is 109 cm³/mol. The number of carbonyl (C=O) groups excluding carboxylic acids is 2. The molecule has 31 heavy (non-hydrogen) atoms. The first-order valence-electron chi connectivity index (χ1n) is 10.5. The molecule has 0 N–H and O–H groups in total. The van der Waals surface area contributed by atoms with Gasteiger partial charge in [0.2, 0.25) is 0 Å². The molecule has 0 radical (unpaired) electrons. The van der Waals surface area contributed by atoms with Crippen molar-refractivity contribution in [1.82, 2.24) is 0 Å². The summed E-state index contributed by atoms with van der Waals surface area (Å²) in [5.41, 5.74) is 0. The molecular formula is C20H38O11. The molecule has 11 heteroatoms. The van der Waals surface area contributed by atoms with Gasteiger partial charge < -0.3 is 42.6 Å². The maximum atomic E-state index is 11.1. The quantitative estimate of drug-likeness (QED) is 0.199. The molecule has 0 unspecified atom stereocenters. The highest BCUT2D eigenvalue weighted by Gasteiger charge is 2.06. The predicted octanol–water partition coefficient (Wildman–Crippen LogP) is 2.19. The van der Waals surface area contributed by atoms with Crippen molar-refractivity contribution in [2.24, 2.45) is 0 Å². The smallest absolute Gasteiger partial charge is 0.432 e. The molecule has 0 saturated heterocycles. The lowest BCUT2D eigenvalue weighted by Crippen LogP contribution is -2.17. The van der Waals surface area contributed by atoms with E-state index in [1.807, 2.05) is 0 Å². The summed E-state index contributed by atoms with van der Waals surface area (Å²) < 4.78 is 45.8. The van der Waals surface area contributed by atoms with Crippen LogP contribution >= 0.6 is 0 Å². The Morgan fingerprint density at radius 3 is 0.903 bits per heavy atom. The second-order valence-corrected chi connectivity index (χ2v) is 6.59. The van der Waals surface area contributed by atoms with Crippen molar-refractivity contribution in [3.05, 3.63) is 0 Å². The Hall–Kier alpha value is -1.66. The topological polar surface area (TPSA) is 117 Å². The maximum Gasteiger partial charge on any atom is 0.508 e. The van der Waals surface area contributed by atoms with Crippen LogP contribution in [0.1, 0.15) is 27.7 Å². The Kier molecular flexibility index (Phi) is 20.4. The molecule has 0 saturated carbocycles. The summed E-state index contributed by atoms with van der Waals surface area (Å²) in [5, 5.41) is 0. The van der Waals surface area contributed by atoms with Gasteiger partial charge in [0.05, 0.1) is 78.3 Å². The van der Waals surface area contributed by atoms with Crippen molar-refractivity contribution in [3.63, 3.8) is 0 Å². The zero-order valence-electron chi connectivity index (χ0n) is 19.1. The molecule has 0 aliphatic rings. The minimum Gasteiger partial charge on any atom is -0.432 e. The van der Waals surface area contributed by atoms with E-state index in [2.05, 4.69) is 0 Å². The lowest BCUT2D eigenvalue weighted by atomic mass is 10.5. The average molecular weight is 455 g/mol. The summed E-state index contributed by atoms with van der Waals surface area (Å²) in [4.78, 5) is 22.2. The molecule has 0 aromatic carbocycles. The third-order valence-electron chi connectivity index (χ3n) is 3.05. The van der Waals surface area contributed by atoms with E-state index in [4.69, 9.17) is 42.6 Å². The molecule has 0 heterocycles. The SMILES string of the molecule is CC(C)OC(=O)OCCOCCOCCOCCOCCOCCOC(=O)OC(C)C. The van der Waals surface area contributed by atoms with Crippen molar-refractivity contribution >= 4 is 12.3 Å². The minimum absolute atomic E-state index is 0.139. The fraction of sp³-hybridized carbons (Fsp3) is 0.900. The molecule has 0 atom stereocenters. The first-order chi connectivity index (χ1) is 14.9. The summed E-state index contributed by atoms with van der Waals surface area (Å²) in [6.07, 6.45) is -1.80. The van der Waals surface area contributed by atoms with Crippen LogP contribution in [0.5, 0.6) is 0 Å². The molecule has 0 bridgehead atoms. The van der Waals surface area contributed by atoms with Gasteiger partial charge in [0, 0.05) is 0 Å². The van der Waals surface area contributed by atoms with E-state index >= 15 is 0 Å². The van der Waals surface area contributed by atoms with Crippen molar-refractivity contribution in [3.8, 4) is 0 Å². The van der Waals surface area contributed by atoms with Crippen LogP contribution in [0, 0.1) is 0 Å². The van der Waals surface area contributed by atoms with Crippen molar-refractivity contribution in [2.45, 2.75) is 39.9 Å². The van der Waals surface area contributed by atoms with E-state index in [0.29, 0.717) is 52.9 Å². The molecule has 0 rings (SSSR count). The fourth-order valence-corrected chi connectivity index (χ4v) is 1.80. The molecule has 0 spiro atoms. The van der Waals surface area contributed by atoms with E-state index in [1.165, 1.54) is 0 Å². The van der Waals surface area contributed by atoms with Crippen LogP contribution in [-0.4, -0.2) is 104 Å². The molecule has 0 aliphatic heterocycles. The zero-order chi connectivity index (χ0) is 23.2. The molecule has 11 nitrogen and oxygen atoms in total. The van der Waals surface area contributed by atoms with E-state index in [0.717, 1.165) is 0 Å². The first-order valence-corrected chi connectivity index (χ1v) is 10.5. The molecule has 0 aliphatic carbocycles. The monoisotopic (exact) mass is 454 g/mol. The first kappa shape index (κ1) is 29.3. The highest BCUT2D eigenvalue weighted by atomic mass is 16.7. The van der Waals surface area contributed by atoms with Gasteiger partial charge in [-0.05, 0) is 27.7 Å². The van der Waals surface area contributed by atoms with Gasteiger partial charge in [-0.1, -0.05) is 0 Å². The van der Waals surface area contributed by atoms with Crippen LogP contribution in [0.15, 0.2) is 0 Å². The molecule has 0 fully saturated rings. The van der Waals surface area contributed by atoms with Gasteiger partial charge in [-0.3, -0.25) is 0 Å². The van der Waals surface area contributed by atoms with Crippen molar-refractivity contribution in [2.75, 3.05) is 79.3 Å². The molecule has 184 valence electrons. The Balaban J connectivity index is 3.14. The van der Waals surface area contributed by atoms with Crippen LogP contribution < -0.4 is 0 Å². The molecule has 0 aromatic heterocycles. The van der Waals surface area contributed by atoms with E-state index in [-0.39, 0.29) is 38.6 Å². The van der Waals surface area contributed by atoms with Gasteiger partial charge in [-0.2, -0.15) is 0 Å². The number of hydrogen-bond acceptors (Lipinski definition) is 11. The Morgan fingerprint density at radius 2 is 0.677 bits per heavy atom. The van der Waals surface area contributed by atoms with Gasteiger partial charge in [0.15, 0.2) is 0 Å². The van der Waals surface area contributed by atoms with Crippen LogP contribution in [0.25, 0.3) is 0 Å². The number of carbonyl (C=O) groups is 2. The number of ether oxygens (including phenoxy) is 9. The van der Waals surface area contributed by atoms with E-state index in [9.17, 15) is 9.59 Å². The molecule has 0 amide bonds. The second kappa shape index (κ2) is 21.6. The summed E-state index contributed by atoms with van der Waals surface area (Å²) >= 11 is 0. The van der Waals surface area contributed by atoms with Gasteiger partial charge in [-0.25, -0.2) is 9.59 Å². The summed E-state index contributed by atoms with van der Waals surface area (Å²) in [6.45, 7) is 11.3. The third-order valence-corrected chi connectivity index (χ3v) is 3.05. The summed E-state index contributed by atoms with van der Waals surface area (Å²) in [7, 11) is 0. The zero-order valence-corrected chi connectivity index (χ0v) is 19.1. The normalized spacial score (nSPS) is 11.0. The van der Waals surface area contributed by atoms with Crippen LogP contribution in [0.2, 0.25) is 0 Å². The Morgan fingerprint density at radius 1 is 0.452 bits per heavy atom. The lowest BCUT2D eigenvalue weighted by Gasteiger charge is -2.09. The minimum atomic E-state index is -0.696.